The van der Waals surface area contributed by atoms with Gasteiger partial charge in [-0.15, -0.1) is 0 Å². The first-order chi connectivity index (χ1) is 16.7. The van der Waals surface area contributed by atoms with Crippen LogP contribution >= 0.6 is 0 Å². The topological polar surface area (TPSA) is 90.9 Å². The number of anilines is 2. The summed E-state index contributed by atoms with van der Waals surface area (Å²) in [5, 5.41) is 3.47. The van der Waals surface area contributed by atoms with Gasteiger partial charge in [-0.1, -0.05) is 12.1 Å². The van der Waals surface area contributed by atoms with E-state index in [-0.39, 0.29) is 24.0 Å². The van der Waals surface area contributed by atoms with E-state index in [1.54, 1.807) is 6.92 Å². The number of amides is 2. The lowest BCUT2D eigenvalue weighted by molar-refractivity contribution is -0.129. The summed E-state index contributed by atoms with van der Waals surface area (Å²) >= 11 is 0. The quantitative estimate of drug-likeness (QED) is 0.621. The molecule has 0 bridgehead atoms. The fourth-order valence-corrected chi connectivity index (χ4v) is 4.44. The van der Waals surface area contributed by atoms with E-state index in [0.717, 1.165) is 23.6 Å². The Morgan fingerprint density at radius 2 is 1.74 bits per heavy atom. The minimum absolute atomic E-state index is 0.0511. The smallest absolute Gasteiger partial charge is 0.273 e. The van der Waals surface area contributed by atoms with Crippen LogP contribution in [0.4, 0.5) is 11.8 Å². The lowest BCUT2D eigenvalue weighted by Crippen LogP contribution is -2.48. The number of nitrogens with one attached hydrogen (secondary N) is 1. The largest absolute Gasteiger partial charge is 0.491 e. The van der Waals surface area contributed by atoms with Crippen LogP contribution in [0.1, 0.15) is 56.2 Å². The first-order valence-corrected chi connectivity index (χ1v) is 12.4. The van der Waals surface area contributed by atoms with Crippen LogP contribution < -0.4 is 15.0 Å². The predicted molar refractivity (Wildman–Crippen MR) is 136 cm³/mol. The number of piperazine rings is 1. The zero-order chi connectivity index (χ0) is 25.1. The van der Waals surface area contributed by atoms with Crippen molar-refractivity contribution < 1.29 is 14.3 Å². The molecule has 1 aromatic heterocycles. The highest BCUT2D eigenvalue weighted by Crippen LogP contribution is 2.30. The fourth-order valence-electron chi connectivity index (χ4n) is 4.44. The SMILES string of the molecule is CC(=O)N1CCN(c2nc(NCCc3ccc(OC(C)C)cc3)c3c(n2)C(=O)N(C(C)C)C3)CC1. The Hall–Kier alpha value is -3.36. The summed E-state index contributed by atoms with van der Waals surface area (Å²) in [6.07, 6.45) is 0.963. The summed E-state index contributed by atoms with van der Waals surface area (Å²) in [7, 11) is 0. The van der Waals surface area contributed by atoms with Crippen molar-refractivity contribution in [1.29, 1.82) is 0 Å². The highest BCUT2D eigenvalue weighted by Gasteiger charge is 2.35. The van der Waals surface area contributed by atoms with E-state index in [0.29, 0.717) is 50.9 Å². The van der Waals surface area contributed by atoms with Gasteiger partial charge in [-0.3, -0.25) is 9.59 Å². The zero-order valence-electron chi connectivity index (χ0n) is 21.4. The highest BCUT2D eigenvalue weighted by atomic mass is 16.5. The molecule has 35 heavy (non-hydrogen) atoms. The molecule has 1 fully saturated rings. The minimum atomic E-state index is -0.0511. The van der Waals surface area contributed by atoms with E-state index in [9.17, 15) is 9.59 Å². The summed E-state index contributed by atoms with van der Waals surface area (Å²) in [4.78, 5) is 40.0. The van der Waals surface area contributed by atoms with Gasteiger partial charge in [0.25, 0.3) is 5.91 Å². The van der Waals surface area contributed by atoms with E-state index in [2.05, 4.69) is 27.3 Å². The van der Waals surface area contributed by atoms with Gasteiger partial charge in [-0.2, -0.15) is 4.98 Å². The van der Waals surface area contributed by atoms with E-state index >= 15 is 0 Å². The van der Waals surface area contributed by atoms with Crippen LogP contribution in [-0.2, 0) is 17.8 Å². The molecule has 2 aliphatic rings. The number of aromatic nitrogens is 2. The molecule has 2 amide bonds. The lowest BCUT2D eigenvalue weighted by Gasteiger charge is -2.34. The van der Waals surface area contributed by atoms with Crippen LogP contribution in [0.3, 0.4) is 0 Å². The second kappa shape index (κ2) is 10.5. The van der Waals surface area contributed by atoms with Crippen molar-refractivity contribution in [2.75, 3.05) is 42.9 Å². The second-order valence-corrected chi connectivity index (χ2v) is 9.71. The molecule has 1 aromatic carbocycles. The summed E-state index contributed by atoms with van der Waals surface area (Å²) < 4.78 is 5.73. The van der Waals surface area contributed by atoms with Crippen LogP contribution in [-0.4, -0.2) is 76.5 Å². The molecule has 9 heteroatoms. The van der Waals surface area contributed by atoms with Crippen molar-refractivity contribution in [3.63, 3.8) is 0 Å². The fraction of sp³-hybridized carbons (Fsp3) is 0.538. The molecular weight excluding hydrogens is 444 g/mol. The molecule has 2 aliphatic heterocycles. The second-order valence-electron chi connectivity index (χ2n) is 9.71. The maximum absolute atomic E-state index is 13.1. The van der Waals surface area contributed by atoms with Crippen molar-refractivity contribution in [2.45, 2.75) is 59.7 Å². The van der Waals surface area contributed by atoms with Crippen molar-refractivity contribution in [2.24, 2.45) is 0 Å². The first-order valence-electron chi connectivity index (χ1n) is 12.4. The van der Waals surface area contributed by atoms with E-state index in [1.165, 1.54) is 5.56 Å². The van der Waals surface area contributed by atoms with Crippen LogP contribution in [0, 0.1) is 0 Å². The third-order valence-corrected chi connectivity index (χ3v) is 6.42. The van der Waals surface area contributed by atoms with Crippen LogP contribution in [0.15, 0.2) is 24.3 Å². The van der Waals surface area contributed by atoms with Crippen molar-refractivity contribution in [3.8, 4) is 5.75 Å². The Balaban J connectivity index is 1.50. The summed E-state index contributed by atoms with van der Waals surface area (Å²) in [5.41, 5.74) is 2.53. The monoisotopic (exact) mass is 480 g/mol. The molecule has 1 saturated heterocycles. The number of rotatable bonds is 8. The van der Waals surface area contributed by atoms with Crippen LogP contribution in [0.25, 0.3) is 0 Å². The normalized spacial score (nSPS) is 15.7. The lowest BCUT2D eigenvalue weighted by atomic mass is 10.1. The van der Waals surface area contributed by atoms with Gasteiger partial charge in [0.1, 0.15) is 17.3 Å². The van der Waals surface area contributed by atoms with Gasteiger partial charge in [0.2, 0.25) is 11.9 Å². The van der Waals surface area contributed by atoms with E-state index in [1.807, 2.05) is 49.6 Å². The molecule has 0 saturated carbocycles. The third kappa shape index (κ3) is 5.66. The Bertz CT molecular complexity index is 1060. The molecule has 0 unspecified atom stereocenters. The number of hydrogen-bond donors (Lipinski definition) is 1. The van der Waals surface area contributed by atoms with Gasteiger partial charge < -0.3 is 24.8 Å². The molecule has 0 atom stereocenters. The average molecular weight is 481 g/mol. The van der Waals surface area contributed by atoms with Crippen LogP contribution in [0.2, 0.25) is 0 Å². The first kappa shape index (κ1) is 24.8. The average Bonchev–Trinajstić information content (AvgIpc) is 3.17. The van der Waals surface area contributed by atoms with E-state index in [4.69, 9.17) is 9.72 Å². The standard InChI is InChI=1S/C26H36N6O3/c1-17(2)32-16-22-23(25(32)34)28-26(31-14-12-30(13-15-31)19(5)33)29-24(22)27-11-10-20-6-8-21(9-7-20)35-18(3)4/h6-9,17-18H,10-16H2,1-5H3,(H,27,28,29). The summed E-state index contributed by atoms with van der Waals surface area (Å²) in [6.45, 7) is 13.4. The highest BCUT2D eigenvalue weighted by molar-refractivity contribution is 5.98. The maximum Gasteiger partial charge on any atom is 0.273 e. The van der Waals surface area contributed by atoms with Crippen LogP contribution in [0.5, 0.6) is 5.75 Å². The molecule has 188 valence electrons. The summed E-state index contributed by atoms with van der Waals surface area (Å²) in [6, 6.07) is 8.23. The summed E-state index contributed by atoms with van der Waals surface area (Å²) in [5.74, 6) is 2.16. The molecule has 3 heterocycles. The van der Waals surface area contributed by atoms with Crippen molar-refractivity contribution in [1.82, 2.24) is 19.8 Å². The third-order valence-electron chi connectivity index (χ3n) is 6.42. The molecular formula is C26H36N6O3. The number of benzene rings is 1. The van der Waals surface area contributed by atoms with Gasteiger partial charge >= 0.3 is 0 Å². The number of hydrogen-bond acceptors (Lipinski definition) is 7. The van der Waals surface area contributed by atoms with Gasteiger partial charge in [0, 0.05) is 51.3 Å². The Kier molecular flexibility index (Phi) is 7.42. The number of carbonyl (C=O) groups excluding carboxylic acids is 2. The van der Waals surface area contributed by atoms with Gasteiger partial charge in [-0.05, 0) is 51.8 Å². The Labute approximate surface area is 207 Å². The van der Waals surface area contributed by atoms with Gasteiger partial charge in [-0.25, -0.2) is 4.98 Å². The molecule has 0 radical (unpaired) electrons. The molecule has 0 spiro atoms. The van der Waals surface area contributed by atoms with Gasteiger partial charge in [0.05, 0.1) is 12.6 Å². The zero-order valence-corrected chi connectivity index (χ0v) is 21.4. The number of carbonyl (C=O) groups is 2. The molecule has 9 nitrogen and oxygen atoms in total. The number of nitrogens with zero attached hydrogens (tertiary/aromatic N) is 5. The van der Waals surface area contributed by atoms with Gasteiger partial charge in [0.15, 0.2) is 0 Å². The van der Waals surface area contributed by atoms with E-state index < -0.39 is 0 Å². The van der Waals surface area contributed by atoms with Crippen molar-refractivity contribution in [3.05, 3.63) is 41.1 Å². The Morgan fingerprint density at radius 1 is 1.06 bits per heavy atom. The minimum Gasteiger partial charge on any atom is -0.491 e. The predicted octanol–water partition coefficient (Wildman–Crippen LogP) is 2.95. The molecule has 4 rings (SSSR count). The van der Waals surface area contributed by atoms with Crippen molar-refractivity contribution >= 4 is 23.6 Å². The number of ether oxygens (including phenoxy) is 1. The maximum atomic E-state index is 13.1. The molecule has 1 N–H and O–H groups in total. The number of fused-ring (bicyclic) bond motifs is 1. The Morgan fingerprint density at radius 3 is 2.34 bits per heavy atom. The molecule has 0 aliphatic carbocycles. The molecule has 2 aromatic rings.